The molecule has 2 N–H and O–H groups in total. The van der Waals surface area contributed by atoms with Crippen LogP contribution in [0.25, 0.3) is 0 Å². The van der Waals surface area contributed by atoms with Gasteiger partial charge in [-0.3, -0.25) is 0 Å². The maximum Gasteiger partial charge on any atom is 0.389 e. The molecule has 1 aliphatic rings. The predicted molar refractivity (Wildman–Crippen MR) is 59.8 cm³/mol. The van der Waals surface area contributed by atoms with Gasteiger partial charge in [0.25, 0.3) is 0 Å². The van der Waals surface area contributed by atoms with Crippen LogP contribution in [0.4, 0.5) is 13.2 Å². The molecule has 0 saturated heterocycles. The van der Waals surface area contributed by atoms with Gasteiger partial charge < -0.3 is 15.2 Å². The van der Waals surface area contributed by atoms with Crippen LogP contribution in [0.3, 0.4) is 0 Å². The van der Waals surface area contributed by atoms with Crippen molar-refractivity contribution in [3.63, 3.8) is 0 Å². The molecule has 100 valence electrons. The van der Waals surface area contributed by atoms with Gasteiger partial charge in [0.2, 0.25) is 6.79 Å². The molecule has 18 heavy (non-hydrogen) atoms. The Kier molecular flexibility index (Phi) is 3.59. The van der Waals surface area contributed by atoms with Crippen molar-refractivity contribution in [1.82, 2.24) is 0 Å². The highest BCUT2D eigenvalue weighted by molar-refractivity contribution is 6.31. The molecule has 0 aromatic heterocycles. The molecule has 3 nitrogen and oxygen atoms in total. The second-order valence-corrected chi connectivity index (χ2v) is 4.39. The molecule has 0 fully saturated rings. The molecule has 1 aromatic carbocycles. The van der Waals surface area contributed by atoms with E-state index in [2.05, 4.69) is 0 Å². The monoisotopic (exact) mass is 281 g/mol. The van der Waals surface area contributed by atoms with Gasteiger partial charge in [0.05, 0.1) is 0 Å². The first-order chi connectivity index (χ1) is 8.37. The number of fused-ring (bicyclic) bond motifs is 1. The van der Waals surface area contributed by atoms with Crippen LogP contribution >= 0.6 is 11.6 Å². The molecule has 0 radical (unpaired) electrons. The lowest BCUT2D eigenvalue weighted by atomic mass is 10.0. The molecule has 0 aliphatic carbocycles. The average molecular weight is 282 g/mol. The topological polar surface area (TPSA) is 44.5 Å². The maximum atomic E-state index is 12.1. The molecule has 2 rings (SSSR count). The average Bonchev–Trinajstić information content (AvgIpc) is 2.70. The molecule has 1 heterocycles. The number of halogens is 4. The first kappa shape index (κ1) is 13.3. The molecular weight excluding hydrogens is 271 g/mol. The molecular formula is C11H11ClF3NO2. The normalized spacial score (nSPS) is 15.8. The zero-order valence-electron chi connectivity index (χ0n) is 9.26. The van der Waals surface area contributed by atoms with E-state index in [1.165, 1.54) is 12.1 Å². The van der Waals surface area contributed by atoms with Crippen LogP contribution in [0.2, 0.25) is 5.02 Å². The lowest BCUT2D eigenvalue weighted by Gasteiger charge is -2.15. The number of hydrogen-bond donors (Lipinski definition) is 1. The molecule has 0 bridgehead atoms. The summed E-state index contributed by atoms with van der Waals surface area (Å²) in [4.78, 5) is 0. The van der Waals surface area contributed by atoms with Crippen molar-refractivity contribution in [2.75, 3.05) is 6.79 Å². The molecule has 0 spiro atoms. The van der Waals surface area contributed by atoms with Gasteiger partial charge in [0, 0.05) is 23.6 Å². The number of rotatable bonds is 3. The fourth-order valence-electron chi connectivity index (χ4n) is 1.69. The van der Waals surface area contributed by atoms with Crippen molar-refractivity contribution in [3.05, 3.63) is 22.7 Å². The van der Waals surface area contributed by atoms with Gasteiger partial charge >= 0.3 is 6.18 Å². The Hall–Kier alpha value is -1.14. The van der Waals surface area contributed by atoms with E-state index in [9.17, 15) is 13.2 Å². The van der Waals surface area contributed by atoms with E-state index in [4.69, 9.17) is 26.8 Å². The van der Waals surface area contributed by atoms with Gasteiger partial charge in [-0.05, 0) is 18.1 Å². The van der Waals surface area contributed by atoms with Gasteiger partial charge in [-0.2, -0.15) is 13.2 Å². The molecule has 1 atom stereocenters. The van der Waals surface area contributed by atoms with Crippen LogP contribution in [0.15, 0.2) is 12.1 Å². The lowest BCUT2D eigenvalue weighted by Crippen LogP contribution is -2.16. The van der Waals surface area contributed by atoms with Crippen LogP contribution < -0.4 is 15.2 Å². The Balaban J connectivity index is 2.13. The van der Waals surface area contributed by atoms with Gasteiger partial charge in [-0.15, -0.1) is 0 Å². The minimum absolute atomic E-state index is 0.0763. The zero-order valence-corrected chi connectivity index (χ0v) is 10.0. The van der Waals surface area contributed by atoms with E-state index < -0.39 is 18.6 Å². The van der Waals surface area contributed by atoms with E-state index in [-0.39, 0.29) is 18.2 Å². The Morgan fingerprint density at radius 3 is 2.50 bits per heavy atom. The summed E-state index contributed by atoms with van der Waals surface area (Å²) in [5, 5.41) is 0.286. The fourth-order valence-corrected chi connectivity index (χ4v) is 1.99. The van der Waals surface area contributed by atoms with Crippen LogP contribution in [0.1, 0.15) is 24.4 Å². The smallest absolute Gasteiger partial charge is 0.389 e. The molecule has 0 unspecified atom stereocenters. The minimum Gasteiger partial charge on any atom is -0.454 e. The SMILES string of the molecule is N[C@H](CCC(F)(F)F)c1cc2c(cc1Cl)OCO2. The van der Waals surface area contributed by atoms with Crippen LogP contribution in [0.5, 0.6) is 11.5 Å². The third-order valence-electron chi connectivity index (χ3n) is 2.63. The summed E-state index contributed by atoms with van der Waals surface area (Å²) in [6, 6.07) is 2.26. The third-order valence-corrected chi connectivity index (χ3v) is 2.96. The Bertz CT molecular complexity index is 451. The summed E-state index contributed by atoms with van der Waals surface area (Å²) in [5.74, 6) is 0.934. The number of ether oxygens (including phenoxy) is 2. The minimum atomic E-state index is -4.22. The Morgan fingerprint density at radius 2 is 1.89 bits per heavy atom. The largest absolute Gasteiger partial charge is 0.454 e. The standard InChI is InChI=1S/C11H11ClF3NO2/c12-7-4-10-9(17-5-18-10)3-6(7)8(16)1-2-11(13,14)15/h3-4,8H,1-2,5,16H2/t8-/m1/s1. The van der Waals surface area contributed by atoms with E-state index in [1.807, 2.05) is 0 Å². The summed E-state index contributed by atoms with van der Waals surface area (Å²) in [7, 11) is 0. The van der Waals surface area contributed by atoms with Crippen LogP contribution in [-0.2, 0) is 0 Å². The summed E-state index contributed by atoms with van der Waals surface area (Å²) in [6.07, 6.45) is -5.39. The van der Waals surface area contributed by atoms with Crippen molar-refractivity contribution >= 4 is 11.6 Å². The maximum absolute atomic E-state index is 12.1. The third kappa shape index (κ3) is 3.00. The number of benzene rings is 1. The molecule has 1 aliphatic heterocycles. The Morgan fingerprint density at radius 1 is 1.28 bits per heavy atom. The highest BCUT2D eigenvalue weighted by Crippen LogP contribution is 2.39. The zero-order chi connectivity index (χ0) is 13.3. The van der Waals surface area contributed by atoms with Gasteiger partial charge in [-0.25, -0.2) is 0 Å². The highest BCUT2D eigenvalue weighted by atomic mass is 35.5. The second kappa shape index (κ2) is 4.85. The summed E-state index contributed by atoms with van der Waals surface area (Å²) in [5.41, 5.74) is 6.15. The highest BCUT2D eigenvalue weighted by Gasteiger charge is 2.29. The van der Waals surface area contributed by atoms with Crippen LogP contribution in [-0.4, -0.2) is 13.0 Å². The van der Waals surface area contributed by atoms with Crippen LogP contribution in [0, 0.1) is 0 Å². The number of hydrogen-bond acceptors (Lipinski definition) is 3. The van der Waals surface area contributed by atoms with Gasteiger partial charge in [0.15, 0.2) is 11.5 Å². The number of nitrogens with two attached hydrogens (primary N) is 1. The summed E-state index contributed by atoms with van der Waals surface area (Å²) >= 11 is 5.96. The van der Waals surface area contributed by atoms with E-state index in [1.54, 1.807) is 0 Å². The van der Waals surface area contributed by atoms with E-state index in [0.717, 1.165) is 0 Å². The summed E-state index contributed by atoms with van der Waals surface area (Å²) in [6.45, 7) is 0.0763. The fraction of sp³-hybridized carbons (Fsp3) is 0.455. The molecule has 1 aromatic rings. The summed E-state index contributed by atoms with van der Waals surface area (Å²) < 4.78 is 46.6. The number of alkyl halides is 3. The van der Waals surface area contributed by atoms with E-state index in [0.29, 0.717) is 17.1 Å². The predicted octanol–water partition coefficient (Wildman–Crippen LogP) is 3.41. The van der Waals surface area contributed by atoms with Crippen molar-refractivity contribution in [2.24, 2.45) is 5.73 Å². The van der Waals surface area contributed by atoms with Crippen molar-refractivity contribution in [1.29, 1.82) is 0 Å². The first-order valence-corrected chi connectivity index (χ1v) is 5.66. The van der Waals surface area contributed by atoms with Gasteiger partial charge in [0.1, 0.15) is 0 Å². The quantitative estimate of drug-likeness (QED) is 0.923. The molecule has 0 amide bonds. The first-order valence-electron chi connectivity index (χ1n) is 5.28. The molecule has 7 heteroatoms. The second-order valence-electron chi connectivity index (χ2n) is 3.99. The van der Waals surface area contributed by atoms with Crippen molar-refractivity contribution in [3.8, 4) is 11.5 Å². The Labute approximate surface area is 107 Å². The lowest BCUT2D eigenvalue weighted by molar-refractivity contribution is -0.136. The van der Waals surface area contributed by atoms with Gasteiger partial charge in [-0.1, -0.05) is 11.6 Å². The molecule has 0 saturated carbocycles. The van der Waals surface area contributed by atoms with Crippen molar-refractivity contribution in [2.45, 2.75) is 25.1 Å². The van der Waals surface area contributed by atoms with Crippen molar-refractivity contribution < 1.29 is 22.6 Å². The van der Waals surface area contributed by atoms with E-state index >= 15 is 0 Å².